The van der Waals surface area contributed by atoms with Crippen LogP contribution in [-0.2, 0) is 0 Å². The molecular formula is C12H12BrFN2S. The molecule has 0 bridgehead atoms. The van der Waals surface area contributed by atoms with Gasteiger partial charge in [0.05, 0.1) is 11.7 Å². The fourth-order valence-corrected chi connectivity index (χ4v) is 3.03. The lowest BCUT2D eigenvalue weighted by atomic mass is 10.2. The molecular weight excluding hydrogens is 303 g/mol. The zero-order valence-corrected chi connectivity index (χ0v) is 11.4. The molecule has 0 aliphatic carbocycles. The first kappa shape index (κ1) is 12.5. The molecule has 0 fully saturated rings. The summed E-state index contributed by atoms with van der Waals surface area (Å²) in [5.41, 5.74) is 6.20. The number of rotatable bonds is 4. The quantitative estimate of drug-likeness (QED) is 0.901. The number of nitrogens with two attached hydrogens (primary N) is 1. The third kappa shape index (κ3) is 3.06. The molecule has 5 heteroatoms. The Morgan fingerprint density at radius 2 is 2.18 bits per heavy atom. The van der Waals surface area contributed by atoms with Crippen LogP contribution in [0.25, 0.3) is 0 Å². The van der Waals surface area contributed by atoms with Gasteiger partial charge in [0.25, 0.3) is 0 Å². The van der Waals surface area contributed by atoms with Crippen LogP contribution in [0, 0.1) is 5.82 Å². The summed E-state index contributed by atoms with van der Waals surface area (Å²) in [5, 5.41) is 5.10. The first-order valence-corrected chi connectivity index (χ1v) is 6.83. The highest BCUT2D eigenvalue weighted by Crippen LogP contribution is 2.28. The maximum atomic E-state index is 13.5. The van der Waals surface area contributed by atoms with Crippen LogP contribution in [-0.4, -0.2) is 6.54 Å². The first-order valence-electron chi connectivity index (χ1n) is 5.16. The van der Waals surface area contributed by atoms with E-state index in [2.05, 4.69) is 21.2 Å². The zero-order valence-electron chi connectivity index (χ0n) is 8.99. The summed E-state index contributed by atoms with van der Waals surface area (Å²) in [5.74, 6) is -0.262. The van der Waals surface area contributed by atoms with Crippen molar-refractivity contribution in [3.05, 3.63) is 50.9 Å². The molecule has 17 heavy (non-hydrogen) atoms. The number of hydrogen-bond donors (Lipinski definition) is 2. The van der Waals surface area contributed by atoms with E-state index in [4.69, 9.17) is 5.73 Å². The van der Waals surface area contributed by atoms with Gasteiger partial charge in [-0.15, -0.1) is 11.3 Å². The van der Waals surface area contributed by atoms with E-state index in [9.17, 15) is 4.39 Å². The fourth-order valence-electron chi connectivity index (χ4n) is 1.52. The van der Waals surface area contributed by atoms with Crippen molar-refractivity contribution in [1.82, 2.24) is 0 Å². The highest BCUT2D eigenvalue weighted by molar-refractivity contribution is 9.10. The van der Waals surface area contributed by atoms with Crippen molar-refractivity contribution in [1.29, 1.82) is 0 Å². The molecule has 1 heterocycles. The van der Waals surface area contributed by atoms with Crippen molar-refractivity contribution in [3.8, 4) is 0 Å². The molecule has 0 aliphatic heterocycles. The largest absolute Gasteiger partial charge is 0.374 e. The van der Waals surface area contributed by atoms with Gasteiger partial charge in [-0.3, -0.25) is 0 Å². The number of benzene rings is 1. The number of hydrogen-bond acceptors (Lipinski definition) is 3. The van der Waals surface area contributed by atoms with Crippen molar-refractivity contribution in [2.45, 2.75) is 6.04 Å². The number of para-hydroxylation sites is 1. The van der Waals surface area contributed by atoms with Crippen molar-refractivity contribution >= 4 is 33.0 Å². The van der Waals surface area contributed by atoms with E-state index < -0.39 is 0 Å². The number of halogens is 2. The Labute approximate surface area is 112 Å². The van der Waals surface area contributed by atoms with Gasteiger partial charge in [-0.1, -0.05) is 12.1 Å². The first-order chi connectivity index (χ1) is 8.20. The van der Waals surface area contributed by atoms with E-state index in [-0.39, 0.29) is 11.9 Å². The smallest absolute Gasteiger partial charge is 0.146 e. The van der Waals surface area contributed by atoms with Gasteiger partial charge in [0.1, 0.15) is 5.82 Å². The summed E-state index contributed by atoms with van der Waals surface area (Å²) in [6.45, 7) is 0.418. The average Bonchev–Trinajstić information content (AvgIpc) is 2.75. The molecule has 2 nitrogen and oxygen atoms in total. The van der Waals surface area contributed by atoms with Crippen LogP contribution in [0.4, 0.5) is 10.1 Å². The van der Waals surface area contributed by atoms with Gasteiger partial charge in [0.2, 0.25) is 0 Å². The molecule has 0 radical (unpaired) electrons. The lowest BCUT2D eigenvalue weighted by Gasteiger charge is -2.17. The maximum Gasteiger partial charge on any atom is 0.146 e. The molecule has 1 atom stereocenters. The van der Waals surface area contributed by atoms with Gasteiger partial charge in [0.15, 0.2) is 0 Å². The average molecular weight is 315 g/mol. The van der Waals surface area contributed by atoms with Crippen molar-refractivity contribution in [2.75, 3.05) is 11.9 Å². The van der Waals surface area contributed by atoms with Crippen molar-refractivity contribution in [3.63, 3.8) is 0 Å². The molecule has 0 aliphatic rings. The zero-order chi connectivity index (χ0) is 12.3. The second-order valence-electron chi connectivity index (χ2n) is 3.58. The Morgan fingerprint density at radius 3 is 2.76 bits per heavy atom. The monoisotopic (exact) mass is 314 g/mol. The molecule has 90 valence electrons. The molecule has 1 aromatic carbocycles. The molecule has 2 rings (SSSR count). The van der Waals surface area contributed by atoms with Crippen LogP contribution >= 0.6 is 27.3 Å². The predicted molar refractivity (Wildman–Crippen MR) is 73.8 cm³/mol. The molecule has 1 unspecified atom stereocenters. The molecule has 0 saturated heterocycles. The van der Waals surface area contributed by atoms with Crippen LogP contribution in [0.5, 0.6) is 0 Å². The number of anilines is 1. The molecule has 0 spiro atoms. The standard InChI is InChI=1S/C12H12BrFN2S/c13-8-5-12(17-7-8)11(6-15)16-10-4-2-1-3-9(10)14/h1-5,7,11,16H,6,15H2. The van der Waals surface area contributed by atoms with Crippen molar-refractivity contribution < 1.29 is 4.39 Å². The van der Waals surface area contributed by atoms with Gasteiger partial charge < -0.3 is 11.1 Å². The Hall–Kier alpha value is -0.910. The van der Waals surface area contributed by atoms with Gasteiger partial charge >= 0.3 is 0 Å². The van der Waals surface area contributed by atoms with E-state index in [1.54, 1.807) is 29.5 Å². The van der Waals surface area contributed by atoms with Gasteiger partial charge in [0, 0.05) is 21.3 Å². The minimum Gasteiger partial charge on any atom is -0.374 e. The van der Waals surface area contributed by atoms with Gasteiger partial charge in [-0.2, -0.15) is 0 Å². The highest BCUT2D eigenvalue weighted by atomic mass is 79.9. The van der Waals surface area contributed by atoms with E-state index in [0.29, 0.717) is 12.2 Å². The van der Waals surface area contributed by atoms with E-state index >= 15 is 0 Å². The molecule has 2 aromatic rings. The summed E-state index contributed by atoms with van der Waals surface area (Å²) < 4.78 is 14.5. The maximum absolute atomic E-state index is 13.5. The Morgan fingerprint density at radius 1 is 1.41 bits per heavy atom. The Bertz CT molecular complexity index is 501. The Kier molecular flexibility index (Phi) is 4.15. The summed E-state index contributed by atoms with van der Waals surface area (Å²) >= 11 is 4.99. The topological polar surface area (TPSA) is 38.0 Å². The molecule has 0 amide bonds. The minimum absolute atomic E-state index is 0.0665. The van der Waals surface area contributed by atoms with E-state index in [0.717, 1.165) is 9.35 Å². The second kappa shape index (κ2) is 5.62. The normalized spacial score (nSPS) is 12.4. The third-order valence-corrected chi connectivity index (χ3v) is 4.18. The summed E-state index contributed by atoms with van der Waals surface area (Å²) in [4.78, 5) is 1.09. The summed E-state index contributed by atoms with van der Waals surface area (Å²) in [7, 11) is 0. The van der Waals surface area contributed by atoms with E-state index in [1.165, 1.54) is 6.07 Å². The van der Waals surface area contributed by atoms with Crippen LogP contribution < -0.4 is 11.1 Å². The van der Waals surface area contributed by atoms with Gasteiger partial charge in [-0.25, -0.2) is 4.39 Å². The third-order valence-electron chi connectivity index (χ3n) is 2.37. The number of thiophene rings is 1. The minimum atomic E-state index is -0.262. The van der Waals surface area contributed by atoms with E-state index in [1.807, 2.05) is 11.4 Å². The summed E-state index contributed by atoms with van der Waals surface area (Å²) in [6.07, 6.45) is 0. The lowest BCUT2D eigenvalue weighted by Crippen LogP contribution is -2.20. The van der Waals surface area contributed by atoms with Crippen LogP contribution in [0.1, 0.15) is 10.9 Å². The summed E-state index contributed by atoms with van der Waals surface area (Å²) in [6, 6.07) is 8.53. The van der Waals surface area contributed by atoms with Crippen LogP contribution in [0.3, 0.4) is 0 Å². The molecule has 3 N–H and O–H groups in total. The lowest BCUT2D eigenvalue weighted by molar-refractivity contribution is 0.626. The highest BCUT2D eigenvalue weighted by Gasteiger charge is 2.13. The Balaban J connectivity index is 2.18. The molecule has 0 saturated carbocycles. The number of nitrogens with one attached hydrogen (secondary N) is 1. The predicted octanol–water partition coefficient (Wildman–Crippen LogP) is 3.76. The SMILES string of the molecule is NCC(Nc1ccccc1F)c1cc(Br)cs1. The molecule has 1 aromatic heterocycles. The second-order valence-corrected chi connectivity index (χ2v) is 5.44. The fraction of sp³-hybridized carbons (Fsp3) is 0.167. The van der Waals surface area contributed by atoms with Crippen molar-refractivity contribution in [2.24, 2.45) is 5.73 Å². The van der Waals surface area contributed by atoms with Crippen LogP contribution in [0.2, 0.25) is 0 Å². The van der Waals surface area contributed by atoms with Gasteiger partial charge in [-0.05, 0) is 34.1 Å². The van der Waals surface area contributed by atoms with Crippen LogP contribution in [0.15, 0.2) is 40.2 Å².